The summed E-state index contributed by atoms with van der Waals surface area (Å²) in [7, 11) is 0. The van der Waals surface area contributed by atoms with E-state index in [1.54, 1.807) is 12.2 Å². The summed E-state index contributed by atoms with van der Waals surface area (Å²) in [6, 6.07) is 9.37. The van der Waals surface area contributed by atoms with E-state index in [0.29, 0.717) is 12.8 Å². The number of carbonyl (C=O) groups excluding carboxylic acids is 1. The molecule has 0 spiro atoms. The first-order valence-electron chi connectivity index (χ1n) is 5.10. The molecule has 0 unspecified atom stereocenters. The summed E-state index contributed by atoms with van der Waals surface area (Å²) in [5.74, 6) is 0.165. The van der Waals surface area contributed by atoms with Crippen LogP contribution in [0.4, 0.5) is 0 Å². The van der Waals surface area contributed by atoms with Crippen molar-refractivity contribution in [3.8, 4) is 0 Å². The van der Waals surface area contributed by atoms with Gasteiger partial charge in [0.2, 0.25) is 0 Å². The van der Waals surface area contributed by atoms with Crippen LogP contribution in [0.2, 0.25) is 0 Å². The van der Waals surface area contributed by atoms with Crippen molar-refractivity contribution in [2.45, 2.75) is 12.8 Å². The number of benzene rings is 1. The molecule has 1 heteroatoms. The van der Waals surface area contributed by atoms with Gasteiger partial charge < -0.3 is 0 Å². The fraction of sp³-hybridized carbons (Fsp3) is 0.214. The highest BCUT2D eigenvalue weighted by molar-refractivity contribution is 5.97. The maximum Gasteiger partial charge on any atom is 0.166 e. The van der Waals surface area contributed by atoms with Gasteiger partial charge in [0.25, 0.3) is 0 Å². The zero-order valence-electron chi connectivity index (χ0n) is 8.86. The zero-order chi connectivity index (χ0) is 11.1. The molecule has 0 aliphatic heterocycles. The Hall–Kier alpha value is -1.63. The van der Waals surface area contributed by atoms with Crippen LogP contribution in [0.1, 0.15) is 23.2 Å². The Labute approximate surface area is 91.1 Å². The van der Waals surface area contributed by atoms with Gasteiger partial charge >= 0.3 is 0 Å². The van der Waals surface area contributed by atoms with Crippen molar-refractivity contribution in [3.63, 3.8) is 0 Å². The topological polar surface area (TPSA) is 17.1 Å². The van der Waals surface area contributed by atoms with E-state index in [2.05, 4.69) is 13.2 Å². The molecule has 0 saturated carbocycles. The van der Waals surface area contributed by atoms with Gasteiger partial charge in [0.05, 0.1) is 0 Å². The molecule has 1 nitrogen and oxygen atoms in total. The highest BCUT2D eigenvalue weighted by Gasteiger charge is 2.16. The molecule has 0 aliphatic carbocycles. The Morgan fingerprint density at radius 3 is 2.13 bits per heavy atom. The van der Waals surface area contributed by atoms with Crippen molar-refractivity contribution in [1.82, 2.24) is 0 Å². The average molecular weight is 200 g/mol. The van der Waals surface area contributed by atoms with Crippen LogP contribution >= 0.6 is 0 Å². The van der Waals surface area contributed by atoms with E-state index in [0.717, 1.165) is 5.56 Å². The minimum absolute atomic E-state index is 0.0117. The van der Waals surface area contributed by atoms with E-state index in [1.807, 2.05) is 30.3 Å². The molecule has 0 N–H and O–H groups in total. The molecule has 0 bridgehead atoms. The molecule has 1 rings (SSSR count). The van der Waals surface area contributed by atoms with Crippen LogP contribution in [0.3, 0.4) is 0 Å². The Morgan fingerprint density at radius 2 is 1.67 bits per heavy atom. The number of rotatable bonds is 6. The molecule has 78 valence electrons. The maximum absolute atomic E-state index is 12.0. The first-order chi connectivity index (χ1) is 7.29. The second kappa shape index (κ2) is 5.97. The van der Waals surface area contributed by atoms with E-state index in [1.165, 1.54) is 0 Å². The molecule has 0 radical (unpaired) electrons. The molecular weight excluding hydrogens is 184 g/mol. The largest absolute Gasteiger partial charge is 0.294 e. The number of hydrogen-bond acceptors (Lipinski definition) is 1. The normalized spacial score (nSPS) is 9.93. The van der Waals surface area contributed by atoms with Crippen molar-refractivity contribution in [2.75, 3.05) is 0 Å². The van der Waals surface area contributed by atoms with Gasteiger partial charge in [-0.1, -0.05) is 42.5 Å². The molecule has 0 heterocycles. The van der Waals surface area contributed by atoms with Crippen molar-refractivity contribution in [3.05, 3.63) is 61.2 Å². The summed E-state index contributed by atoms with van der Waals surface area (Å²) in [6.45, 7) is 7.34. The van der Waals surface area contributed by atoms with E-state index in [-0.39, 0.29) is 11.7 Å². The van der Waals surface area contributed by atoms with Crippen molar-refractivity contribution >= 4 is 5.78 Å². The molecule has 0 aliphatic rings. The fourth-order valence-electron chi connectivity index (χ4n) is 1.55. The molecule has 0 saturated heterocycles. The fourth-order valence-corrected chi connectivity index (χ4v) is 1.55. The number of ketones is 1. The van der Waals surface area contributed by atoms with Crippen LogP contribution in [-0.4, -0.2) is 5.78 Å². The lowest BCUT2D eigenvalue weighted by atomic mass is 9.92. The minimum Gasteiger partial charge on any atom is -0.294 e. The third-order valence-electron chi connectivity index (χ3n) is 2.33. The van der Waals surface area contributed by atoms with Gasteiger partial charge in [-0.05, 0) is 12.8 Å². The predicted molar refractivity (Wildman–Crippen MR) is 63.9 cm³/mol. The number of carbonyl (C=O) groups is 1. The Balaban J connectivity index is 2.80. The number of hydrogen-bond donors (Lipinski definition) is 0. The second-order valence-corrected chi connectivity index (χ2v) is 3.48. The van der Waals surface area contributed by atoms with Crippen LogP contribution in [0.25, 0.3) is 0 Å². The predicted octanol–water partition coefficient (Wildman–Crippen LogP) is 3.64. The Morgan fingerprint density at radius 1 is 1.13 bits per heavy atom. The quantitative estimate of drug-likeness (QED) is 0.506. The van der Waals surface area contributed by atoms with Crippen molar-refractivity contribution in [2.24, 2.45) is 5.92 Å². The van der Waals surface area contributed by atoms with Gasteiger partial charge in [-0.15, -0.1) is 13.2 Å². The smallest absolute Gasteiger partial charge is 0.166 e. The third kappa shape index (κ3) is 3.21. The van der Waals surface area contributed by atoms with Gasteiger partial charge in [0.15, 0.2) is 5.78 Å². The lowest BCUT2D eigenvalue weighted by Gasteiger charge is -2.11. The second-order valence-electron chi connectivity index (χ2n) is 3.48. The van der Waals surface area contributed by atoms with Crippen LogP contribution < -0.4 is 0 Å². The number of Topliss-reactive ketones (excluding diaryl/α,β-unsaturated/α-hetero) is 1. The summed E-state index contributed by atoms with van der Waals surface area (Å²) < 4.78 is 0. The standard InChI is InChI=1S/C14H16O/c1-3-8-12(9-4-2)14(15)13-10-6-5-7-11-13/h3-7,10-12H,1-2,8-9H2. The minimum atomic E-state index is -0.0117. The molecule has 0 amide bonds. The van der Waals surface area contributed by atoms with Crippen molar-refractivity contribution < 1.29 is 4.79 Å². The van der Waals surface area contributed by atoms with Crippen LogP contribution in [-0.2, 0) is 0 Å². The molecule has 15 heavy (non-hydrogen) atoms. The summed E-state index contributed by atoms with van der Waals surface area (Å²) >= 11 is 0. The lowest BCUT2D eigenvalue weighted by molar-refractivity contribution is 0.0922. The van der Waals surface area contributed by atoms with Gasteiger partial charge in [-0.3, -0.25) is 4.79 Å². The third-order valence-corrected chi connectivity index (χ3v) is 2.33. The Kier molecular flexibility index (Phi) is 4.55. The van der Waals surface area contributed by atoms with Gasteiger partial charge in [0.1, 0.15) is 0 Å². The highest BCUT2D eigenvalue weighted by Crippen LogP contribution is 2.16. The summed E-state index contributed by atoms with van der Waals surface area (Å²) in [6.07, 6.45) is 4.99. The van der Waals surface area contributed by atoms with E-state index >= 15 is 0 Å². The molecule has 0 aromatic heterocycles. The van der Waals surface area contributed by atoms with E-state index in [9.17, 15) is 4.79 Å². The van der Waals surface area contributed by atoms with E-state index < -0.39 is 0 Å². The SMILES string of the molecule is C=CCC(CC=C)C(=O)c1ccccc1. The number of allylic oxidation sites excluding steroid dienone is 2. The van der Waals surface area contributed by atoms with Gasteiger partial charge in [-0.25, -0.2) is 0 Å². The monoisotopic (exact) mass is 200 g/mol. The lowest BCUT2D eigenvalue weighted by Crippen LogP contribution is -2.13. The van der Waals surface area contributed by atoms with E-state index in [4.69, 9.17) is 0 Å². The first-order valence-corrected chi connectivity index (χ1v) is 5.10. The molecule has 0 atom stereocenters. The molecular formula is C14H16O. The highest BCUT2D eigenvalue weighted by atomic mass is 16.1. The van der Waals surface area contributed by atoms with Crippen LogP contribution in [0.5, 0.6) is 0 Å². The van der Waals surface area contributed by atoms with Gasteiger partial charge in [-0.2, -0.15) is 0 Å². The summed E-state index contributed by atoms with van der Waals surface area (Å²) in [4.78, 5) is 12.0. The Bertz CT molecular complexity index is 328. The maximum atomic E-state index is 12.0. The average Bonchev–Trinajstić information content (AvgIpc) is 2.29. The summed E-state index contributed by atoms with van der Waals surface area (Å²) in [5.41, 5.74) is 0.770. The first kappa shape index (κ1) is 11.4. The van der Waals surface area contributed by atoms with Gasteiger partial charge in [0, 0.05) is 11.5 Å². The summed E-state index contributed by atoms with van der Waals surface area (Å²) in [5, 5.41) is 0. The van der Waals surface area contributed by atoms with Crippen LogP contribution in [0.15, 0.2) is 55.6 Å². The molecule has 0 fully saturated rings. The molecule has 1 aromatic carbocycles. The zero-order valence-corrected chi connectivity index (χ0v) is 8.86. The van der Waals surface area contributed by atoms with Crippen LogP contribution in [0, 0.1) is 5.92 Å². The molecule has 1 aromatic rings. The van der Waals surface area contributed by atoms with Crippen molar-refractivity contribution in [1.29, 1.82) is 0 Å².